The Balaban J connectivity index is 3.03. The summed E-state index contributed by atoms with van der Waals surface area (Å²) < 4.78 is 0. The summed E-state index contributed by atoms with van der Waals surface area (Å²) in [5.74, 6) is 0. The highest BCUT2D eigenvalue weighted by Gasteiger charge is 2.24. The maximum Gasteiger partial charge on any atom is 0.0919 e. The van der Waals surface area contributed by atoms with E-state index in [-0.39, 0.29) is 5.66 Å². The van der Waals surface area contributed by atoms with E-state index in [4.69, 9.17) is 0 Å². The van der Waals surface area contributed by atoms with Crippen LogP contribution in [0.3, 0.4) is 0 Å². The average molecular weight is 222 g/mol. The van der Waals surface area contributed by atoms with Gasteiger partial charge in [0.15, 0.2) is 0 Å². The molecule has 0 aliphatic heterocycles. The van der Waals surface area contributed by atoms with Crippen molar-refractivity contribution in [1.82, 2.24) is 10.6 Å². The predicted octanol–water partition coefficient (Wildman–Crippen LogP) is 0.0690. The molecule has 0 unspecified atom stereocenters. The van der Waals surface area contributed by atoms with Gasteiger partial charge in [-0.3, -0.25) is 10.6 Å². The van der Waals surface area contributed by atoms with Crippen molar-refractivity contribution >= 4 is 15.4 Å². The fraction of sp³-hybridized carbons (Fsp3) is 0.500. The minimum absolute atomic E-state index is 0.0815. The van der Waals surface area contributed by atoms with Crippen LogP contribution in [0.25, 0.3) is 0 Å². The van der Waals surface area contributed by atoms with E-state index in [1.165, 1.54) is 10.8 Å². The van der Waals surface area contributed by atoms with Crippen molar-refractivity contribution in [2.75, 3.05) is 13.1 Å². The molecule has 2 N–H and O–H groups in total. The molecule has 84 valence electrons. The largest absolute Gasteiger partial charge is 0.296 e. The summed E-state index contributed by atoms with van der Waals surface area (Å²) in [6, 6.07) is 8.66. The maximum absolute atomic E-state index is 3.53. The van der Waals surface area contributed by atoms with Crippen LogP contribution >= 0.6 is 0 Å². The number of hydrogen-bond acceptors (Lipinski definition) is 2. The molecule has 1 rings (SSSR count). The van der Waals surface area contributed by atoms with Crippen molar-refractivity contribution < 1.29 is 0 Å². The Morgan fingerprint density at radius 3 is 2.13 bits per heavy atom. The van der Waals surface area contributed by atoms with Crippen molar-refractivity contribution in [3.63, 3.8) is 0 Å². The molecule has 0 spiro atoms. The minimum Gasteiger partial charge on any atom is -0.296 e. The van der Waals surface area contributed by atoms with Gasteiger partial charge < -0.3 is 0 Å². The molecule has 15 heavy (non-hydrogen) atoms. The van der Waals surface area contributed by atoms with E-state index >= 15 is 0 Å². The van der Waals surface area contributed by atoms with Crippen molar-refractivity contribution in [2.45, 2.75) is 26.4 Å². The zero-order valence-electron chi connectivity index (χ0n) is 10.2. The molecule has 0 aliphatic rings. The predicted molar refractivity (Wildman–Crippen MR) is 70.7 cm³/mol. The van der Waals surface area contributed by atoms with E-state index in [1.54, 1.807) is 0 Å². The van der Waals surface area contributed by atoms with Gasteiger partial charge in [-0.2, -0.15) is 0 Å². The van der Waals surface area contributed by atoms with E-state index in [0.29, 0.717) is 0 Å². The number of nitrogens with one attached hydrogen (secondary N) is 2. The molecule has 2 nitrogen and oxygen atoms in total. The summed E-state index contributed by atoms with van der Waals surface area (Å²) in [7, 11) is 1.09. The van der Waals surface area contributed by atoms with Gasteiger partial charge in [-0.25, -0.2) is 0 Å². The Labute approximate surface area is 95.9 Å². The van der Waals surface area contributed by atoms with E-state index in [0.717, 1.165) is 23.3 Å². The second-order valence-electron chi connectivity index (χ2n) is 4.00. The topological polar surface area (TPSA) is 24.1 Å². The zero-order chi connectivity index (χ0) is 11.3. The first-order chi connectivity index (χ1) is 7.14. The Hall–Kier alpha value is -0.643. The molecule has 0 aromatic heterocycles. The van der Waals surface area contributed by atoms with Gasteiger partial charge in [0.2, 0.25) is 0 Å². The lowest BCUT2D eigenvalue weighted by atomic mass is 10.0. The number of hydrogen-bond donors (Lipinski definition) is 2. The van der Waals surface area contributed by atoms with Crippen LogP contribution in [0.15, 0.2) is 24.3 Å². The quantitative estimate of drug-likeness (QED) is 0.544. The fourth-order valence-corrected chi connectivity index (χ4v) is 2.95. The highest BCUT2D eigenvalue weighted by molar-refractivity contribution is 6.33. The van der Waals surface area contributed by atoms with E-state index in [2.05, 4.69) is 55.7 Å². The minimum atomic E-state index is -0.0815. The van der Waals surface area contributed by atoms with Crippen LogP contribution in [0.4, 0.5) is 0 Å². The van der Waals surface area contributed by atoms with Gasteiger partial charge in [0.25, 0.3) is 0 Å². The van der Waals surface area contributed by atoms with Crippen LogP contribution in [-0.2, 0) is 5.66 Å². The molecular weight excluding hydrogens is 200 g/mol. The van der Waals surface area contributed by atoms with Crippen molar-refractivity contribution in [1.29, 1.82) is 0 Å². The van der Waals surface area contributed by atoms with Gasteiger partial charge in [-0.15, -0.1) is 0 Å². The SMILES string of the molecule is CCNC(C)(NCC)c1ccccc1[SiH3]. The second-order valence-corrected chi connectivity index (χ2v) is 5.08. The lowest BCUT2D eigenvalue weighted by Gasteiger charge is -2.33. The maximum atomic E-state index is 3.53. The van der Waals surface area contributed by atoms with Gasteiger partial charge in [0.1, 0.15) is 0 Å². The third-order valence-electron chi connectivity index (χ3n) is 2.74. The summed E-state index contributed by atoms with van der Waals surface area (Å²) in [5.41, 5.74) is 1.31. The summed E-state index contributed by atoms with van der Waals surface area (Å²) in [4.78, 5) is 0. The molecule has 3 heteroatoms. The van der Waals surface area contributed by atoms with Crippen molar-refractivity contribution in [3.8, 4) is 0 Å². The molecule has 1 aromatic rings. The van der Waals surface area contributed by atoms with Crippen LogP contribution in [-0.4, -0.2) is 23.3 Å². The normalized spacial score (nSPS) is 11.9. The van der Waals surface area contributed by atoms with Gasteiger partial charge in [-0.05, 0) is 25.6 Å². The molecule has 1 aromatic carbocycles. The van der Waals surface area contributed by atoms with Gasteiger partial charge in [-0.1, -0.05) is 43.3 Å². The third kappa shape index (κ3) is 2.90. The molecule has 0 bridgehead atoms. The number of benzene rings is 1. The molecule has 0 aliphatic carbocycles. The van der Waals surface area contributed by atoms with Gasteiger partial charge >= 0.3 is 0 Å². The fourth-order valence-electron chi connectivity index (χ4n) is 2.09. The molecule has 0 amide bonds. The van der Waals surface area contributed by atoms with Gasteiger partial charge in [0, 0.05) is 10.2 Å². The van der Waals surface area contributed by atoms with Crippen LogP contribution in [0.5, 0.6) is 0 Å². The first kappa shape index (κ1) is 12.4. The van der Waals surface area contributed by atoms with Crippen molar-refractivity contribution in [2.24, 2.45) is 0 Å². The van der Waals surface area contributed by atoms with Crippen LogP contribution in [0.2, 0.25) is 0 Å². The van der Waals surface area contributed by atoms with E-state index in [1.807, 2.05) is 0 Å². The molecule has 0 saturated heterocycles. The van der Waals surface area contributed by atoms with E-state index in [9.17, 15) is 0 Å². The highest BCUT2D eigenvalue weighted by atomic mass is 28.1. The summed E-state index contributed by atoms with van der Waals surface area (Å²) in [6.45, 7) is 8.45. The van der Waals surface area contributed by atoms with Crippen LogP contribution in [0, 0.1) is 0 Å². The summed E-state index contributed by atoms with van der Waals surface area (Å²) in [6.07, 6.45) is 0. The summed E-state index contributed by atoms with van der Waals surface area (Å²) >= 11 is 0. The lowest BCUT2D eigenvalue weighted by molar-refractivity contribution is 0.303. The number of rotatable bonds is 5. The Bertz CT molecular complexity index is 306. The Kier molecular flexibility index (Phi) is 4.51. The van der Waals surface area contributed by atoms with E-state index < -0.39 is 0 Å². The molecule has 0 fully saturated rings. The van der Waals surface area contributed by atoms with Crippen molar-refractivity contribution in [3.05, 3.63) is 29.8 Å². The Morgan fingerprint density at radius 2 is 1.67 bits per heavy atom. The Morgan fingerprint density at radius 1 is 1.13 bits per heavy atom. The van der Waals surface area contributed by atoms with Crippen LogP contribution in [0.1, 0.15) is 26.3 Å². The second kappa shape index (κ2) is 5.44. The highest BCUT2D eigenvalue weighted by Crippen LogP contribution is 2.14. The van der Waals surface area contributed by atoms with Gasteiger partial charge in [0.05, 0.1) is 5.66 Å². The molecule has 0 saturated carbocycles. The third-order valence-corrected chi connectivity index (χ3v) is 3.62. The first-order valence-electron chi connectivity index (χ1n) is 5.70. The monoisotopic (exact) mass is 222 g/mol. The standard InChI is InChI=1S/C12H22N2Si/c1-4-13-12(3,14-5-2)10-8-6-7-9-11(10)15/h6-9,13-14H,4-5H2,1-3,15H3. The molecule has 0 atom stereocenters. The average Bonchev–Trinajstić information content (AvgIpc) is 2.19. The molecule has 0 radical (unpaired) electrons. The summed E-state index contributed by atoms with van der Waals surface area (Å²) in [5, 5.41) is 8.52. The lowest BCUT2D eigenvalue weighted by Crippen LogP contribution is -2.53. The first-order valence-corrected chi connectivity index (χ1v) is 6.70. The molecule has 0 heterocycles. The zero-order valence-corrected chi connectivity index (χ0v) is 12.2. The molecular formula is C12H22N2Si. The smallest absolute Gasteiger partial charge is 0.0919 e. The van der Waals surface area contributed by atoms with Crippen LogP contribution < -0.4 is 15.8 Å².